The Labute approximate surface area is 152 Å². The number of halogens is 1. The van der Waals surface area contributed by atoms with Gasteiger partial charge in [0, 0.05) is 10.0 Å². The van der Waals surface area contributed by atoms with Crippen molar-refractivity contribution in [3.05, 3.63) is 74.0 Å². The first-order valence-electron chi connectivity index (χ1n) is 8.02. The topological polar surface area (TPSA) is 56.5 Å². The van der Waals surface area contributed by atoms with Gasteiger partial charge in [-0.2, -0.15) is 0 Å². The first kappa shape index (κ1) is 16.1. The third-order valence-electron chi connectivity index (χ3n) is 4.48. The molecule has 0 amide bonds. The van der Waals surface area contributed by atoms with Crippen LogP contribution in [0.5, 0.6) is 5.75 Å². The van der Waals surface area contributed by atoms with Crippen molar-refractivity contribution in [3.8, 4) is 5.75 Å². The summed E-state index contributed by atoms with van der Waals surface area (Å²) < 4.78 is 12.2. The summed E-state index contributed by atoms with van der Waals surface area (Å²) in [5.74, 6) is 0.135. The maximum atomic E-state index is 12.7. The zero-order valence-electron chi connectivity index (χ0n) is 13.5. The summed E-state index contributed by atoms with van der Waals surface area (Å²) in [5, 5.41) is 0.782. The molecule has 1 unspecified atom stereocenters. The molecule has 0 aliphatic carbocycles. The van der Waals surface area contributed by atoms with Crippen LogP contribution in [-0.4, -0.2) is 12.4 Å². The highest BCUT2D eigenvalue weighted by Crippen LogP contribution is 2.34. The third-order valence-corrected chi connectivity index (χ3v) is 5.01. The fraction of sp³-hybridized carbons (Fsp3) is 0.200. The van der Waals surface area contributed by atoms with Gasteiger partial charge in [0.1, 0.15) is 11.3 Å². The average molecular weight is 399 g/mol. The van der Waals surface area contributed by atoms with E-state index in [2.05, 4.69) is 15.9 Å². The van der Waals surface area contributed by atoms with Crippen molar-refractivity contribution in [3.63, 3.8) is 0 Å². The molecule has 0 saturated heterocycles. The molecule has 0 fully saturated rings. The van der Waals surface area contributed by atoms with E-state index in [9.17, 15) is 9.59 Å². The van der Waals surface area contributed by atoms with E-state index in [1.54, 1.807) is 18.2 Å². The monoisotopic (exact) mass is 398 g/mol. The molecule has 5 heteroatoms. The molecular weight excluding hydrogens is 384 g/mol. The fourth-order valence-electron chi connectivity index (χ4n) is 3.18. The fourth-order valence-corrected chi connectivity index (χ4v) is 3.44. The number of fused-ring (bicyclic) bond motifs is 3. The van der Waals surface area contributed by atoms with Crippen molar-refractivity contribution in [1.29, 1.82) is 0 Å². The highest BCUT2D eigenvalue weighted by molar-refractivity contribution is 9.10. The Morgan fingerprint density at radius 1 is 1.16 bits per heavy atom. The second kappa shape index (κ2) is 6.15. The van der Waals surface area contributed by atoms with Gasteiger partial charge in [-0.05, 0) is 37.6 Å². The Morgan fingerprint density at radius 3 is 2.68 bits per heavy atom. The van der Waals surface area contributed by atoms with Gasteiger partial charge in [0.2, 0.25) is 0 Å². The number of ketones is 1. The summed E-state index contributed by atoms with van der Waals surface area (Å²) in [6, 6.07) is 12.8. The lowest BCUT2D eigenvalue weighted by Crippen LogP contribution is -2.31. The number of hydrogen-bond donors (Lipinski definition) is 0. The smallest absolute Gasteiger partial charge is 0.343 e. The minimum atomic E-state index is -0.431. The molecule has 0 bridgehead atoms. The van der Waals surface area contributed by atoms with Crippen LogP contribution < -0.4 is 10.4 Å². The quantitative estimate of drug-likeness (QED) is 0.476. The Kier molecular flexibility index (Phi) is 3.96. The van der Waals surface area contributed by atoms with Gasteiger partial charge in [-0.1, -0.05) is 39.7 Å². The van der Waals surface area contributed by atoms with Crippen LogP contribution in [0.2, 0.25) is 0 Å². The van der Waals surface area contributed by atoms with Crippen LogP contribution in [-0.2, 0) is 6.42 Å². The van der Waals surface area contributed by atoms with Gasteiger partial charge in [-0.3, -0.25) is 4.79 Å². The van der Waals surface area contributed by atoms with Crippen LogP contribution in [0.1, 0.15) is 21.5 Å². The number of rotatable bonds is 2. The van der Waals surface area contributed by atoms with Crippen LogP contribution in [0.3, 0.4) is 0 Å². The van der Waals surface area contributed by atoms with Crippen molar-refractivity contribution >= 4 is 32.7 Å². The Bertz CT molecular complexity index is 1030. The predicted octanol–water partition coefficient (Wildman–Crippen LogP) is 4.30. The van der Waals surface area contributed by atoms with Crippen molar-refractivity contribution < 1.29 is 13.9 Å². The molecule has 1 aliphatic heterocycles. The van der Waals surface area contributed by atoms with Crippen LogP contribution >= 0.6 is 15.9 Å². The average Bonchev–Trinajstić information content (AvgIpc) is 2.62. The highest BCUT2D eigenvalue weighted by Gasteiger charge is 2.30. The molecule has 2 heterocycles. The largest absolute Gasteiger partial charge is 0.491 e. The lowest BCUT2D eigenvalue weighted by Gasteiger charge is -2.24. The summed E-state index contributed by atoms with van der Waals surface area (Å²) in [4.78, 5) is 25.1. The molecule has 1 aliphatic rings. The number of aryl methyl sites for hydroxylation is 1. The molecule has 0 N–H and O–H groups in total. The Balaban J connectivity index is 1.73. The second-order valence-electron chi connectivity index (χ2n) is 6.28. The minimum absolute atomic E-state index is 0.0260. The molecule has 0 saturated carbocycles. The van der Waals surface area contributed by atoms with Crippen molar-refractivity contribution in [2.45, 2.75) is 13.3 Å². The first-order chi connectivity index (χ1) is 12.0. The highest BCUT2D eigenvalue weighted by atomic mass is 79.9. The molecule has 0 spiro atoms. The molecule has 1 atom stereocenters. The van der Waals surface area contributed by atoms with Crippen molar-refractivity contribution in [2.24, 2.45) is 5.92 Å². The summed E-state index contributed by atoms with van der Waals surface area (Å²) in [6.45, 7) is 2.23. The number of ether oxygens (including phenoxy) is 1. The van der Waals surface area contributed by atoms with Crippen LogP contribution in [0.25, 0.3) is 11.0 Å². The SMILES string of the molecule is Cc1ccc2oc(=O)c3c(c2c1)OCC(C(=O)c1ccc(Br)cc1)C3. The van der Waals surface area contributed by atoms with Crippen LogP contribution in [0.15, 0.2) is 56.1 Å². The number of benzene rings is 2. The van der Waals surface area contributed by atoms with Gasteiger partial charge in [-0.25, -0.2) is 4.79 Å². The summed E-state index contributed by atoms with van der Waals surface area (Å²) in [5.41, 5.74) is 2.19. The van der Waals surface area contributed by atoms with Crippen LogP contribution in [0.4, 0.5) is 0 Å². The summed E-state index contributed by atoms with van der Waals surface area (Å²) in [7, 11) is 0. The standard InChI is InChI=1S/C20H15BrO4/c1-11-2-7-17-15(8-11)19-16(20(23)25-17)9-13(10-24-19)18(22)12-3-5-14(21)6-4-12/h2-8,13H,9-10H2,1H3. The van der Waals surface area contributed by atoms with E-state index in [1.807, 2.05) is 31.2 Å². The normalized spacial score (nSPS) is 16.3. The Hall–Kier alpha value is -2.40. The van der Waals surface area contributed by atoms with E-state index in [1.165, 1.54) is 0 Å². The molecular formula is C20H15BrO4. The number of carbonyl (C=O) groups is 1. The van der Waals surface area contributed by atoms with Gasteiger partial charge in [0.15, 0.2) is 5.78 Å². The van der Waals surface area contributed by atoms with E-state index < -0.39 is 5.63 Å². The Morgan fingerprint density at radius 2 is 1.92 bits per heavy atom. The van der Waals surface area contributed by atoms with E-state index in [-0.39, 0.29) is 18.3 Å². The second-order valence-corrected chi connectivity index (χ2v) is 7.20. The van der Waals surface area contributed by atoms with Gasteiger partial charge < -0.3 is 9.15 Å². The van der Waals surface area contributed by atoms with E-state index >= 15 is 0 Å². The molecule has 1 aromatic heterocycles. The van der Waals surface area contributed by atoms with Gasteiger partial charge in [0.05, 0.1) is 23.5 Å². The molecule has 0 radical (unpaired) electrons. The number of Topliss-reactive ketones (excluding diaryl/α,β-unsaturated/α-hetero) is 1. The van der Waals surface area contributed by atoms with Crippen LogP contribution in [0, 0.1) is 12.8 Å². The number of hydrogen-bond acceptors (Lipinski definition) is 4. The summed E-state index contributed by atoms with van der Waals surface area (Å²) >= 11 is 3.36. The summed E-state index contributed by atoms with van der Waals surface area (Å²) in [6.07, 6.45) is 0.330. The predicted molar refractivity (Wildman–Crippen MR) is 98.4 cm³/mol. The van der Waals surface area contributed by atoms with Gasteiger partial charge >= 0.3 is 5.63 Å². The molecule has 25 heavy (non-hydrogen) atoms. The lowest BCUT2D eigenvalue weighted by atomic mass is 9.90. The maximum absolute atomic E-state index is 12.7. The molecule has 4 nitrogen and oxygen atoms in total. The number of carbonyl (C=O) groups excluding carboxylic acids is 1. The first-order valence-corrected chi connectivity index (χ1v) is 8.81. The van der Waals surface area contributed by atoms with E-state index in [4.69, 9.17) is 9.15 Å². The zero-order valence-corrected chi connectivity index (χ0v) is 15.1. The zero-order chi connectivity index (χ0) is 17.6. The minimum Gasteiger partial charge on any atom is -0.491 e. The maximum Gasteiger partial charge on any atom is 0.343 e. The molecule has 2 aromatic carbocycles. The third kappa shape index (κ3) is 2.89. The van der Waals surface area contributed by atoms with E-state index in [0.717, 1.165) is 15.4 Å². The van der Waals surface area contributed by atoms with Crippen molar-refractivity contribution in [1.82, 2.24) is 0 Å². The van der Waals surface area contributed by atoms with Gasteiger partial charge in [0.25, 0.3) is 0 Å². The van der Waals surface area contributed by atoms with E-state index in [0.29, 0.717) is 28.9 Å². The molecule has 4 rings (SSSR count). The van der Waals surface area contributed by atoms with Crippen molar-refractivity contribution in [2.75, 3.05) is 6.61 Å². The van der Waals surface area contributed by atoms with Gasteiger partial charge in [-0.15, -0.1) is 0 Å². The molecule has 3 aromatic rings. The lowest BCUT2D eigenvalue weighted by molar-refractivity contribution is 0.0854. The molecule has 126 valence electrons.